The minimum atomic E-state index is 0.873. The summed E-state index contributed by atoms with van der Waals surface area (Å²) in [6, 6.07) is 2.01. The van der Waals surface area contributed by atoms with Gasteiger partial charge in [-0.1, -0.05) is 6.92 Å². The van der Waals surface area contributed by atoms with Crippen LogP contribution in [0.1, 0.15) is 38.4 Å². The summed E-state index contributed by atoms with van der Waals surface area (Å²) in [4.78, 5) is 9.00. The molecule has 4 nitrogen and oxygen atoms in total. The zero-order valence-corrected chi connectivity index (χ0v) is 11.9. The third-order valence-electron chi connectivity index (χ3n) is 4.32. The molecule has 2 aliphatic rings. The molecule has 0 atom stereocenters. The van der Waals surface area contributed by atoms with E-state index in [0.29, 0.717) is 0 Å². The van der Waals surface area contributed by atoms with Gasteiger partial charge in [0.05, 0.1) is 0 Å². The zero-order chi connectivity index (χ0) is 13.2. The molecule has 0 aromatic carbocycles. The molecular weight excluding hydrogens is 236 g/mol. The third kappa shape index (κ3) is 3.17. The number of nitrogens with one attached hydrogen (secondary N) is 2. The van der Waals surface area contributed by atoms with Crippen molar-refractivity contribution in [2.24, 2.45) is 17.8 Å². The van der Waals surface area contributed by atoms with Crippen LogP contribution < -0.4 is 10.6 Å². The molecule has 0 radical (unpaired) electrons. The van der Waals surface area contributed by atoms with E-state index < -0.39 is 0 Å². The monoisotopic (exact) mass is 260 g/mol. The molecule has 0 bridgehead atoms. The van der Waals surface area contributed by atoms with Crippen molar-refractivity contribution in [3.8, 4) is 0 Å². The summed E-state index contributed by atoms with van der Waals surface area (Å²) in [6.45, 7) is 3.18. The summed E-state index contributed by atoms with van der Waals surface area (Å²) in [5.41, 5.74) is 0. The minimum absolute atomic E-state index is 0.873. The van der Waals surface area contributed by atoms with E-state index in [4.69, 9.17) is 0 Å². The Labute approximate surface area is 115 Å². The van der Waals surface area contributed by atoms with Crippen LogP contribution >= 0.6 is 0 Å². The van der Waals surface area contributed by atoms with Crippen molar-refractivity contribution >= 4 is 11.6 Å². The summed E-state index contributed by atoms with van der Waals surface area (Å²) in [6.07, 6.45) is 6.63. The van der Waals surface area contributed by atoms with Gasteiger partial charge in [0.1, 0.15) is 17.5 Å². The van der Waals surface area contributed by atoms with Crippen LogP contribution in [-0.4, -0.2) is 23.6 Å². The standard InChI is InChI=1S/C15H24N4/c1-3-13-18-14(16-2)8-15(19-13)17-9-12(10-4-5-10)11-6-7-11/h8,10-12H,3-7,9H2,1-2H3,(H2,16,17,18,19). The maximum atomic E-state index is 4.57. The molecule has 104 valence electrons. The predicted molar refractivity (Wildman–Crippen MR) is 78.4 cm³/mol. The van der Waals surface area contributed by atoms with Crippen molar-refractivity contribution in [2.45, 2.75) is 39.0 Å². The molecule has 1 aromatic heterocycles. The molecule has 0 amide bonds. The highest BCUT2D eigenvalue weighted by Crippen LogP contribution is 2.49. The predicted octanol–water partition coefficient (Wildman–Crippen LogP) is 2.93. The fourth-order valence-electron chi connectivity index (χ4n) is 2.86. The van der Waals surface area contributed by atoms with Crippen LogP contribution in [0.3, 0.4) is 0 Å². The first kappa shape index (κ1) is 12.7. The second-order valence-electron chi connectivity index (χ2n) is 5.88. The lowest BCUT2D eigenvalue weighted by atomic mass is 9.98. The van der Waals surface area contributed by atoms with Gasteiger partial charge in [0, 0.05) is 26.1 Å². The van der Waals surface area contributed by atoms with Gasteiger partial charge in [-0.25, -0.2) is 9.97 Å². The molecule has 2 aliphatic carbocycles. The van der Waals surface area contributed by atoms with Crippen LogP contribution in [0, 0.1) is 17.8 Å². The Morgan fingerprint density at radius 1 is 1.16 bits per heavy atom. The van der Waals surface area contributed by atoms with Gasteiger partial charge in [0.2, 0.25) is 0 Å². The number of nitrogens with zero attached hydrogens (tertiary/aromatic N) is 2. The molecule has 2 saturated carbocycles. The maximum Gasteiger partial charge on any atom is 0.132 e. The number of hydrogen-bond acceptors (Lipinski definition) is 4. The molecule has 0 saturated heterocycles. The highest BCUT2D eigenvalue weighted by Gasteiger charge is 2.41. The van der Waals surface area contributed by atoms with Gasteiger partial charge in [-0.2, -0.15) is 0 Å². The number of rotatable bonds is 7. The number of aromatic nitrogens is 2. The second kappa shape index (κ2) is 5.35. The van der Waals surface area contributed by atoms with Crippen LogP contribution in [0.5, 0.6) is 0 Å². The Kier molecular flexibility index (Phi) is 3.58. The van der Waals surface area contributed by atoms with Crippen molar-refractivity contribution < 1.29 is 0 Å². The molecule has 1 aromatic rings. The Balaban J connectivity index is 1.64. The first-order chi connectivity index (χ1) is 9.30. The molecular formula is C15H24N4. The van der Waals surface area contributed by atoms with Gasteiger partial charge in [0.15, 0.2) is 0 Å². The Hall–Kier alpha value is -1.32. The minimum Gasteiger partial charge on any atom is -0.373 e. The number of aryl methyl sites for hydroxylation is 1. The van der Waals surface area contributed by atoms with Gasteiger partial charge >= 0.3 is 0 Å². The van der Waals surface area contributed by atoms with Gasteiger partial charge in [-0.15, -0.1) is 0 Å². The average Bonchev–Trinajstić information content (AvgIpc) is 3.30. The summed E-state index contributed by atoms with van der Waals surface area (Å²) in [5, 5.41) is 6.65. The molecule has 0 spiro atoms. The topological polar surface area (TPSA) is 49.8 Å². The highest BCUT2D eigenvalue weighted by atomic mass is 15.1. The molecule has 3 rings (SSSR count). The summed E-state index contributed by atoms with van der Waals surface area (Å²) < 4.78 is 0. The van der Waals surface area contributed by atoms with E-state index in [0.717, 1.165) is 48.2 Å². The number of anilines is 2. The quantitative estimate of drug-likeness (QED) is 0.791. The van der Waals surface area contributed by atoms with E-state index in [1.807, 2.05) is 13.1 Å². The lowest BCUT2D eigenvalue weighted by molar-refractivity contribution is 0.427. The molecule has 19 heavy (non-hydrogen) atoms. The van der Waals surface area contributed by atoms with E-state index in [1.54, 1.807) is 0 Å². The average molecular weight is 260 g/mol. The second-order valence-corrected chi connectivity index (χ2v) is 5.88. The van der Waals surface area contributed by atoms with E-state index in [1.165, 1.54) is 25.7 Å². The van der Waals surface area contributed by atoms with Gasteiger partial charge in [0.25, 0.3) is 0 Å². The lowest BCUT2D eigenvalue weighted by Gasteiger charge is -2.17. The van der Waals surface area contributed by atoms with Crippen molar-refractivity contribution in [1.82, 2.24) is 9.97 Å². The van der Waals surface area contributed by atoms with E-state index >= 15 is 0 Å². The van der Waals surface area contributed by atoms with E-state index in [2.05, 4.69) is 27.5 Å². The van der Waals surface area contributed by atoms with Crippen molar-refractivity contribution in [2.75, 3.05) is 24.2 Å². The van der Waals surface area contributed by atoms with Gasteiger partial charge in [-0.05, 0) is 43.4 Å². The zero-order valence-electron chi connectivity index (χ0n) is 11.9. The first-order valence-corrected chi connectivity index (χ1v) is 7.59. The summed E-state index contributed by atoms with van der Waals surface area (Å²) in [7, 11) is 1.91. The van der Waals surface area contributed by atoms with Crippen molar-refractivity contribution in [3.63, 3.8) is 0 Å². The van der Waals surface area contributed by atoms with Gasteiger partial charge < -0.3 is 10.6 Å². The maximum absolute atomic E-state index is 4.57. The normalized spacial score (nSPS) is 18.7. The molecule has 0 aliphatic heterocycles. The lowest BCUT2D eigenvalue weighted by Crippen LogP contribution is -2.19. The van der Waals surface area contributed by atoms with Crippen LogP contribution in [-0.2, 0) is 6.42 Å². The van der Waals surface area contributed by atoms with Crippen LogP contribution in [0.2, 0.25) is 0 Å². The van der Waals surface area contributed by atoms with Crippen molar-refractivity contribution in [1.29, 1.82) is 0 Å². The fraction of sp³-hybridized carbons (Fsp3) is 0.733. The van der Waals surface area contributed by atoms with Gasteiger partial charge in [-0.3, -0.25) is 0 Å². The molecule has 2 fully saturated rings. The molecule has 1 heterocycles. The van der Waals surface area contributed by atoms with Crippen molar-refractivity contribution in [3.05, 3.63) is 11.9 Å². The number of hydrogen-bond donors (Lipinski definition) is 2. The molecule has 0 unspecified atom stereocenters. The smallest absolute Gasteiger partial charge is 0.132 e. The van der Waals surface area contributed by atoms with Crippen LogP contribution in [0.25, 0.3) is 0 Å². The highest BCUT2D eigenvalue weighted by molar-refractivity contribution is 5.47. The summed E-state index contributed by atoms with van der Waals surface area (Å²) >= 11 is 0. The van der Waals surface area contributed by atoms with Crippen LogP contribution in [0.4, 0.5) is 11.6 Å². The van der Waals surface area contributed by atoms with Crippen LogP contribution in [0.15, 0.2) is 6.07 Å². The Morgan fingerprint density at radius 2 is 1.79 bits per heavy atom. The third-order valence-corrected chi connectivity index (χ3v) is 4.32. The summed E-state index contributed by atoms with van der Waals surface area (Å²) in [5.74, 6) is 5.63. The van der Waals surface area contributed by atoms with E-state index in [-0.39, 0.29) is 0 Å². The Bertz CT molecular complexity index is 404. The molecule has 4 heteroatoms. The fourth-order valence-corrected chi connectivity index (χ4v) is 2.86. The largest absolute Gasteiger partial charge is 0.373 e. The Morgan fingerprint density at radius 3 is 2.32 bits per heavy atom. The first-order valence-electron chi connectivity index (χ1n) is 7.59. The SMILES string of the molecule is CCc1nc(NC)cc(NCC(C2CC2)C2CC2)n1. The molecule has 2 N–H and O–H groups in total. The van der Waals surface area contributed by atoms with E-state index in [9.17, 15) is 0 Å².